The van der Waals surface area contributed by atoms with Crippen molar-refractivity contribution in [3.63, 3.8) is 0 Å². The Morgan fingerprint density at radius 3 is 2.28 bits per heavy atom. The van der Waals surface area contributed by atoms with Gasteiger partial charge < -0.3 is 0 Å². The highest BCUT2D eigenvalue weighted by Gasteiger charge is 2.32. The van der Waals surface area contributed by atoms with Gasteiger partial charge in [-0.25, -0.2) is 4.57 Å². The summed E-state index contributed by atoms with van der Waals surface area (Å²) in [4.78, 5) is 4.12. The molecule has 104 valence electrons. The van der Waals surface area contributed by atoms with Crippen LogP contribution in [0.5, 0.6) is 0 Å². The molecule has 1 heterocycles. The molecule has 0 aromatic rings. The summed E-state index contributed by atoms with van der Waals surface area (Å²) >= 11 is 1.44. The van der Waals surface area contributed by atoms with E-state index in [9.17, 15) is 4.57 Å². The Balaban J connectivity index is 2.74. The molecule has 0 N–H and O–H groups in total. The molecule has 18 heavy (non-hydrogen) atoms. The molecule has 0 fully saturated rings. The minimum Gasteiger partial charge on any atom is -0.291 e. The monoisotopic (exact) mass is 294 g/mol. The van der Waals surface area contributed by atoms with Gasteiger partial charge in [-0.3, -0.25) is 18.7 Å². The van der Waals surface area contributed by atoms with Crippen LogP contribution in [0.25, 0.3) is 0 Å². The summed E-state index contributed by atoms with van der Waals surface area (Å²) in [6.45, 7) is 9.64. The summed E-state index contributed by atoms with van der Waals surface area (Å²) in [5.74, 6) is 0. The van der Waals surface area contributed by atoms with Crippen molar-refractivity contribution in [1.29, 1.82) is 0 Å². The fourth-order valence-electron chi connectivity index (χ4n) is 1.36. The summed E-state index contributed by atoms with van der Waals surface area (Å²) in [6.07, 6.45) is 0. The van der Waals surface area contributed by atoms with E-state index in [1.54, 1.807) is 13.8 Å². The quantitative estimate of drug-likeness (QED) is 0.554. The Morgan fingerprint density at radius 2 is 1.89 bits per heavy atom. The van der Waals surface area contributed by atoms with E-state index in [-0.39, 0.29) is 18.1 Å². The third-order valence-electron chi connectivity index (χ3n) is 1.89. The highest BCUT2D eigenvalue weighted by Crippen LogP contribution is 2.50. The van der Waals surface area contributed by atoms with Gasteiger partial charge in [0.2, 0.25) is 0 Å². The van der Waals surface area contributed by atoms with Crippen molar-refractivity contribution in [3.8, 4) is 0 Å². The molecule has 0 saturated heterocycles. The molecule has 0 aromatic heterocycles. The number of hydrogen-bond donors (Lipinski definition) is 0. The lowest BCUT2D eigenvalue weighted by atomic mass is 10.4. The van der Waals surface area contributed by atoms with Crippen LogP contribution in [0.4, 0.5) is 0 Å². The van der Waals surface area contributed by atoms with E-state index in [0.29, 0.717) is 5.04 Å². The van der Waals surface area contributed by atoms with Crippen LogP contribution in [0.2, 0.25) is 0 Å². The summed E-state index contributed by atoms with van der Waals surface area (Å²) < 4.78 is 26.9. The largest absolute Gasteiger partial charge is 0.550 e. The molecule has 8 heteroatoms. The van der Waals surface area contributed by atoms with Crippen molar-refractivity contribution in [2.24, 2.45) is 10.1 Å². The van der Waals surface area contributed by atoms with Crippen LogP contribution in [0, 0.1) is 0 Å². The van der Waals surface area contributed by atoms with Gasteiger partial charge in [0.1, 0.15) is 4.87 Å². The molecule has 0 radical (unpaired) electrons. The van der Waals surface area contributed by atoms with Gasteiger partial charge in [-0.05, 0) is 34.6 Å². The van der Waals surface area contributed by atoms with Gasteiger partial charge in [0.15, 0.2) is 5.04 Å². The van der Waals surface area contributed by atoms with E-state index in [0.717, 1.165) is 5.71 Å². The SMILES string of the molecule is CCOP(=O)(OCC)ON=C1SC(C)(C)N=C1C. The molecule has 0 aliphatic carbocycles. The van der Waals surface area contributed by atoms with Crippen LogP contribution in [0.3, 0.4) is 0 Å². The van der Waals surface area contributed by atoms with E-state index < -0.39 is 7.82 Å². The lowest BCUT2D eigenvalue weighted by Gasteiger charge is -2.13. The van der Waals surface area contributed by atoms with Crippen molar-refractivity contribution in [3.05, 3.63) is 0 Å². The second-order valence-corrected chi connectivity index (χ2v) is 7.17. The average Bonchev–Trinajstić information content (AvgIpc) is 2.50. The minimum atomic E-state index is -3.60. The molecule has 1 rings (SSSR count). The van der Waals surface area contributed by atoms with Crippen LogP contribution in [0.15, 0.2) is 10.1 Å². The lowest BCUT2D eigenvalue weighted by Crippen LogP contribution is -2.06. The zero-order chi connectivity index (χ0) is 13.8. The number of phosphoric ester groups is 1. The third kappa shape index (κ3) is 4.39. The first kappa shape index (κ1) is 15.7. The predicted octanol–water partition coefficient (Wildman–Crippen LogP) is 3.44. The van der Waals surface area contributed by atoms with Crippen molar-refractivity contribution < 1.29 is 18.2 Å². The fraction of sp³-hybridized carbons (Fsp3) is 0.800. The molecular formula is C10H19N2O4PS. The Kier molecular flexibility index (Phi) is 5.40. The van der Waals surface area contributed by atoms with Gasteiger partial charge in [-0.15, -0.1) is 0 Å². The fourth-order valence-corrected chi connectivity index (χ4v) is 3.32. The van der Waals surface area contributed by atoms with Crippen molar-refractivity contribution in [1.82, 2.24) is 0 Å². The highest BCUT2D eigenvalue weighted by atomic mass is 32.2. The summed E-state index contributed by atoms with van der Waals surface area (Å²) in [7, 11) is -3.60. The van der Waals surface area contributed by atoms with Crippen LogP contribution < -0.4 is 0 Å². The maximum Gasteiger partial charge on any atom is 0.550 e. The van der Waals surface area contributed by atoms with Gasteiger partial charge in [-0.2, -0.15) is 0 Å². The van der Waals surface area contributed by atoms with E-state index >= 15 is 0 Å². The number of nitrogens with zero attached hydrogens (tertiary/aromatic N) is 2. The lowest BCUT2D eigenvalue weighted by molar-refractivity contribution is 0.125. The number of thioether (sulfide) groups is 1. The number of aliphatic imine (C=N–C) groups is 1. The molecule has 1 aliphatic rings. The molecular weight excluding hydrogens is 275 g/mol. The third-order valence-corrected chi connectivity index (χ3v) is 4.48. The number of hydrogen-bond acceptors (Lipinski definition) is 7. The maximum absolute atomic E-state index is 12.0. The molecule has 0 bridgehead atoms. The molecule has 0 atom stereocenters. The number of rotatable bonds is 6. The first-order valence-electron chi connectivity index (χ1n) is 5.73. The van der Waals surface area contributed by atoms with Crippen LogP contribution in [-0.4, -0.2) is 28.8 Å². The topological polar surface area (TPSA) is 69.5 Å². The Labute approximate surface area is 112 Å². The summed E-state index contributed by atoms with van der Waals surface area (Å²) in [5.41, 5.74) is 0.754. The molecule has 1 aliphatic heterocycles. The van der Waals surface area contributed by atoms with Crippen LogP contribution in [0.1, 0.15) is 34.6 Å². The Morgan fingerprint density at radius 1 is 1.33 bits per heavy atom. The predicted molar refractivity (Wildman–Crippen MR) is 74.2 cm³/mol. The van der Waals surface area contributed by atoms with Crippen molar-refractivity contribution in [2.75, 3.05) is 13.2 Å². The number of phosphoric acid groups is 1. The van der Waals surface area contributed by atoms with E-state index in [1.165, 1.54) is 11.8 Å². The first-order chi connectivity index (χ1) is 8.32. The van der Waals surface area contributed by atoms with Gasteiger partial charge in [0.25, 0.3) is 0 Å². The second kappa shape index (κ2) is 6.19. The van der Waals surface area contributed by atoms with Gasteiger partial charge >= 0.3 is 7.82 Å². The molecule has 0 saturated carbocycles. The Hall–Kier alpha value is -0.360. The van der Waals surface area contributed by atoms with E-state index in [2.05, 4.69) is 10.1 Å². The normalized spacial score (nSPS) is 21.2. The minimum absolute atomic E-state index is 0.230. The standard InChI is InChI=1S/C10H19N2O4PS/c1-6-14-17(13,15-7-2)16-12-9-8(3)11-10(4,5)18-9/h6-7H2,1-5H3. The van der Waals surface area contributed by atoms with Gasteiger partial charge in [-0.1, -0.05) is 16.9 Å². The van der Waals surface area contributed by atoms with Crippen LogP contribution in [-0.2, 0) is 18.2 Å². The van der Waals surface area contributed by atoms with E-state index in [1.807, 2.05) is 20.8 Å². The molecule has 0 aromatic carbocycles. The maximum atomic E-state index is 12.0. The zero-order valence-electron chi connectivity index (χ0n) is 11.3. The average molecular weight is 294 g/mol. The highest BCUT2D eigenvalue weighted by molar-refractivity contribution is 8.17. The molecule has 0 unspecified atom stereocenters. The number of oxime groups is 1. The van der Waals surface area contributed by atoms with Gasteiger partial charge in [0, 0.05) is 0 Å². The smallest absolute Gasteiger partial charge is 0.291 e. The van der Waals surface area contributed by atoms with Crippen LogP contribution >= 0.6 is 19.6 Å². The zero-order valence-corrected chi connectivity index (χ0v) is 13.0. The molecule has 0 spiro atoms. The Bertz CT molecular complexity index is 399. The van der Waals surface area contributed by atoms with Crippen molar-refractivity contribution in [2.45, 2.75) is 39.5 Å². The summed E-state index contributed by atoms with van der Waals surface area (Å²) in [6, 6.07) is 0. The molecule has 6 nitrogen and oxygen atoms in total. The molecule has 0 amide bonds. The summed E-state index contributed by atoms with van der Waals surface area (Å²) in [5, 5.41) is 4.44. The van der Waals surface area contributed by atoms with Gasteiger partial charge in [0.05, 0.1) is 18.9 Å². The van der Waals surface area contributed by atoms with E-state index in [4.69, 9.17) is 13.7 Å². The first-order valence-corrected chi connectivity index (χ1v) is 8.01. The second-order valence-electron chi connectivity index (χ2n) is 4.01. The van der Waals surface area contributed by atoms with Crippen molar-refractivity contribution >= 4 is 30.3 Å².